The minimum Gasteiger partial charge on any atom is -0.368 e. The molecule has 1 unspecified atom stereocenters. The molecule has 1 aromatic rings. The van der Waals surface area contributed by atoms with Crippen molar-refractivity contribution in [1.29, 1.82) is 0 Å². The predicted octanol–water partition coefficient (Wildman–Crippen LogP) is 1.59. The zero-order chi connectivity index (χ0) is 12.8. The standard InChI is InChI=1S/C13H18N2O2/c1-3-6-12(13(14)17)15(2)11-8-5-4-7-10(11)9-16/h4-5,7-9,12H,3,6H2,1-2H3,(H2,14,17). The number of anilines is 1. The molecule has 92 valence electrons. The maximum atomic E-state index is 11.4. The summed E-state index contributed by atoms with van der Waals surface area (Å²) >= 11 is 0. The minimum absolute atomic E-state index is 0.366. The molecule has 1 atom stereocenters. The molecule has 0 bridgehead atoms. The third-order valence-corrected chi connectivity index (χ3v) is 2.80. The number of likely N-dealkylation sites (N-methyl/N-ethyl adjacent to an activating group) is 1. The number of carbonyl (C=O) groups excluding carboxylic acids is 2. The summed E-state index contributed by atoms with van der Waals surface area (Å²) in [6.45, 7) is 2.00. The normalized spacial score (nSPS) is 11.9. The van der Waals surface area contributed by atoms with Gasteiger partial charge < -0.3 is 10.6 Å². The molecule has 0 saturated heterocycles. The molecule has 0 heterocycles. The Labute approximate surface area is 101 Å². The average molecular weight is 234 g/mol. The molecule has 0 aliphatic carbocycles. The number of nitrogens with two attached hydrogens (primary N) is 1. The van der Waals surface area contributed by atoms with Crippen LogP contribution in [0.4, 0.5) is 5.69 Å². The second-order valence-electron chi connectivity index (χ2n) is 3.99. The number of para-hydroxylation sites is 1. The highest BCUT2D eigenvalue weighted by Gasteiger charge is 2.21. The lowest BCUT2D eigenvalue weighted by atomic mass is 10.1. The van der Waals surface area contributed by atoms with Gasteiger partial charge in [-0.2, -0.15) is 0 Å². The van der Waals surface area contributed by atoms with Crippen molar-refractivity contribution in [2.75, 3.05) is 11.9 Å². The van der Waals surface area contributed by atoms with E-state index in [4.69, 9.17) is 5.73 Å². The lowest BCUT2D eigenvalue weighted by Crippen LogP contribution is -2.43. The van der Waals surface area contributed by atoms with Gasteiger partial charge in [-0.1, -0.05) is 25.5 Å². The number of benzene rings is 1. The maximum absolute atomic E-state index is 11.4. The second-order valence-corrected chi connectivity index (χ2v) is 3.99. The first-order valence-corrected chi connectivity index (χ1v) is 5.68. The van der Waals surface area contributed by atoms with Gasteiger partial charge in [0.25, 0.3) is 0 Å². The van der Waals surface area contributed by atoms with Crippen molar-refractivity contribution in [3.63, 3.8) is 0 Å². The van der Waals surface area contributed by atoms with Crippen LogP contribution in [0.3, 0.4) is 0 Å². The van der Waals surface area contributed by atoms with Crippen molar-refractivity contribution in [3.8, 4) is 0 Å². The Morgan fingerprint density at radius 3 is 2.65 bits per heavy atom. The average Bonchev–Trinajstić information content (AvgIpc) is 2.34. The Kier molecular flexibility index (Phi) is 4.69. The van der Waals surface area contributed by atoms with Gasteiger partial charge in [0.2, 0.25) is 5.91 Å². The summed E-state index contributed by atoms with van der Waals surface area (Å²) < 4.78 is 0. The number of hydrogen-bond donors (Lipinski definition) is 1. The van der Waals surface area contributed by atoms with Crippen molar-refractivity contribution in [3.05, 3.63) is 29.8 Å². The van der Waals surface area contributed by atoms with Gasteiger partial charge in [0.1, 0.15) is 6.04 Å². The van der Waals surface area contributed by atoms with Crippen LogP contribution in [0.15, 0.2) is 24.3 Å². The number of nitrogens with zero attached hydrogens (tertiary/aromatic N) is 1. The topological polar surface area (TPSA) is 63.4 Å². The van der Waals surface area contributed by atoms with E-state index in [1.807, 2.05) is 19.1 Å². The van der Waals surface area contributed by atoms with Crippen molar-refractivity contribution in [1.82, 2.24) is 0 Å². The molecule has 17 heavy (non-hydrogen) atoms. The van der Waals surface area contributed by atoms with E-state index in [2.05, 4.69) is 0 Å². The lowest BCUT2D eigenvalue weighted by molar-refractivity contribution is -0.119. The smallest absolute Gasteiger partial charge is 0.240 e. The first-order chi connectivity index (χ1) is 8.11. The summed E-state index contributed by atoms with van der Waals surface area (Å²) in [4.78, 5) is 24.1. The quantitative estimate of drug-likeness (QED) is 0.760. The van der Waals surface area contributed by atoms with Gasteiger partial charge in [0, 0.05) is 18.3 Å². The summed E-state index contributed by atoms with van der Waals surface area (Å²) in [5.41, 5.74) is 6.69. The van der Waals surface area contributed by atoms with Crippen LogP contribution in [0.1, 0.15) is 30.1 Å². The highest BCUT2D eigenvalue weighted by atomic mass is 16.1. The van der Waals surface area contributed by atoms with E-state index in [0.717, 1.165) is 18.4 Å². The van der Waals surface area contributed by atoms with Crippen molar-refractivity contribution in [2.45, 2.75) is 25.8 Å². The van der Waals surface area contributed by atoms with E-state index in [1.165, 1.54) is 0 Å². The third-order valence-electron chi connectivity index (χ3n) is 2.80. The van der Waals surface area contributed by atoms with Gasteiger partial charge in [-0.05, 0) is 18.6 Å². The van der Waals surface area contributed by atoms with Crippen molar-refractivity contribution >= 4 is 17.9 Å². The van der Waals surface area contributed by atoms with Crippen molar-refractivity contribution < 1.29 is 9.59 Å². The Bertz CT molecular complexity index is 404. The molecule has 0 aromatic heterocycles. The van der Waals surface area contributed by atoms with Gasteiger partial charge in [-0.25, -0.2) is 0 Å². The number of hydrogen-bond acceptors (Lipinski definition) is 3. The van der Waals surface area contributed by atoms with Gasteiger partial charge in [0.15, 0.2) is 6.29 Å². The van der Waals surface area contributed by atoms with E-state index in [-0.39, 0.29) is 11.9 Å². The van der Waals surface area contributed by atoms with Crippen LogP contribution in [-0.2, 0) is 4.79 Å². The Morgan fingerprint density at radius 1 is 1.47 bits per heavy atom. The van der Waals surface area contributed by atoms with E-state index in [1.54, 1.807) is 24.1 Å². The van der Waals surface area contributed by atoms with Crippen LogP contribution in [0.25, 0.3) is 0 Å². The van der Waals surface area contributed by atoms with Crippen LogP contribution in [0.5, 0.6) is 0 Å². The number of rotatable bonds is 6. The first kappa shape index (κ1) is 13.2. The minimum atomic E-state index is -0.374. The zero-order valence-electron chi connectivity index (χ0n) is 10.2. The van der Waals surface area contributed by atoms with Crippen LogP contribution >= 0.6 is 0 Å². The van der Waals surface area contributed by atoms with Crippen molar-refractivity contribution in [2.24, 2.45) is 5.73 Å². The molecule has 0 aliphatic heterocycles. The summed E-state index contributed by atoms with van der Waals surface area (Å²) in [6, 6.07) is 6.79. The molecule has 4 heteroatoms. The Hall–Kier alpha value is -1.84. The maximum Gasteiger partial charge on any atom is 0.240 e. The molecule has 0 radical (unpaired) electrons. The number of primary amides is 1. The largest absolute Gasteiger partial charge is 0.368 e. The zero-order valence-corrected chi connectivity index (χ0v) is 10.2. The third kappa shape index (κ3) is 3.06. The number of amides is 1. The molecule has 1 aromatic carbocycles. The van der Waals surface area contributed by atoms with Crippen LogP contribution < -0.4 is 10.6 Å². The van der Waals surface area contributed by atoms with Gasteiger partial charge in [0.05, 0.1) is 0 Å². The molecule has 0 spiro atoms. The van der Waals surface area contributed by atoms with E-state index in [9.17, 15) is 9.59 Å². The van der Waals surface area contributed by atoms with Crippen LogP contribution in [-0.4, -0.2) is 25.3 Å². The Balaban J connectivity index is 3.04. The lowest BCUT2D eigenvalue weighted by Gasteiger charge is -2.28. The van der Waals surface area contributed by atoms with E-state index < -0.39 is 0 Å². The molecule has 2 N–H and O–H groups in total. The summed E-state index contributed by atoms with van der Waals surface area (Å²) in [7, 11) is 1.79. The van der Waals surface area contributed by atoms with Crippen LogP contribution in [0, 0.1) is 0 Å². The number of aldehydes is 1. The fourth-order valence-electron chi connectivity index (χ4n) is 1.88. The summed E-state index contributed by atoms with van der Waals surface area (Å²) in [6.07, 6.45) is 2.33. The van der Waals surface area contributed by atoms with Gasteiger partial charge >= 0.3 is 0 Å². The fraction of sp³-hybridized carbons (Fsp3) is 0.385. The molecule has 1 amide bonds. The second kappa shape index (κ2) is 6.03. The monoisotopic (exact) mass is 234 g/mol. The molecule has 1 rings (SSSR count). The SMILES string of the molecule is CCCC(C(N)=O)N(C)c1ccccc1C=O. The molecule has 4 nitrogen and oxygen atoms in total. The van der Waals surface area contributed by atoms with E-state index >= 15 is 0 Å². The van der Waals surface area contributed by atoms with E-state index in [0.29, 0.717) is 12.0 Å². The van der Waals surface area contributed by atoms with Gasteiger partial charge in [-0.3, -0.25) is 9.59 Å². The molecule has 0 fully saturated rings. The summed E-state index contributed by atoms with van der Waals surface area (Å²) in [5, 5.41) is 0. The summed E-state index contributed by atoms with van der Waals surface area (Å²) in [5.74, 6) is -0.366. The number of carbonyl (C=O) groups is 2. The fourth-order valence-corrected chi connectivity index (χ4v) is 1.88. The molecule has 0 aliphatic rings. The predicted molar refractivity (Wildman–Crippen MR) is 68.1 cm³/mol. The Morgan fingerprint density at radius 2 is 2.12 bits per heavy atom. The highest BCUT2D eigenvalue weighted by Crippen LogP contribution is 2.21. The van der Waals surface area contributed by atoms with Gasteiger partial charge in [-0.15, -0.1) is 0 Å². The highest BCUT2D eigenvalue weighted by molar-refractivity contribution is 5.88. The van der Waals surface area contributed by atoms with Crippen LogP contribution in [0.2, 0.25) is 0 Å². The molecule has 0 saturated carbocycles. The molecular weight excluding hydrogens is 216 g/mol. The first-order valence-electron chi connectivity index (χ1n) is 5.68. The molecular formula is C13H18N2O2.